The second-order valence-corrected chi connectivity index (χ2v) is 6.14. The van der Waals surface area contributed by atoms with Gasteiger partial charge in [-0.15, -0.1) is 11.6 Å². The first-order valence-electron chi connectivity index (χ1n) is 6.69. The summed E-state index contributed by atoms with van der Waals surface area (Å²) in [4.78, 5) is 4.60. The highest BCUT2D eigenvalue weighted by atomic mass is 35.5. The minimum atomic E-state index is -0.214. The van der Waals surface area contributed by atoms with Gasteiger partial charge >= 0.3 is 0 Å². The number of fused-ring (bicyclic) bond motifs is 1. The standard InChI is InChI=1S/C15H15Cl2N3O/c1-8(16)15-18-14-12(17)5-4-6-13(14)20(15)7-11-9(2)19-21-10(11)3/h4-6,8H,7H2,1-3H3. The summed E-state index contributed by atoms with van der Waals surface area (Å²) >= 11 is 12.5. The number of halogens is 2. The molecule has 0 aliphatic heterocycles. The third kappa shape index (κ3) is 2.43. The van der Waals surface area contributed by atoms with E-state index in [-0.39, 0.29) is 5.38 Å². The highest BCUT2D eigenvalue weighted by molar-refractivity contribution is 6.35. The molecule has 0 radical (unpaired) electrons. The molecule has 4 nitrogen and oxygen atoms in total. The van der Waals surface area contributed by atoms with Gasteiger partial charge in [0.2, 0.25) is 0 Å². The highest BCUT2D eigenvalue weighted by Crippen LogP contribution is 2.30. The Morgan fingerprint density at radius 2 is 2.10 bits per heavy atom. The Morgan fingerprint density at radius 1 is 1.33 bits per heavy atom. The van der Waals surface area contributed by atoms with Gasteiger partial charge in [0.25, 0.3) is 0 Å². The number of nitrogens with zero attached hydrogens (tertiary/aromatic N) is 3. The Morgan fingerprint density at radius 3 is 2.71 bits per heavy atom. The van der Waals surface area contributed by atoms with Gasteiger partial charge in [0, 0.05) is 5.56 Å². The highest BCUT2D eigenvalue weighted by Gasteiger charge is 2.19. The van der Waals surface area contributed by atoms with Crippen LogP contribution in [0.3, 0.4) is 0 Å². The molecule has 2 aromatic heterocycles. The third-order valence-corrected chi connectivity index (χ3v) is 4.11. The Bertz CT molecular complexity index is 785. The van der Waals surface area contributed by atoms with Gasteiger partial charge in [-0.2, -0.15) is 0 Å². The van der Waals surface area contributed by atoms with E-state index < -0.39 is 0 Å². The zero-order valence-electron chi connectivity index (χ0n) is 12.0. The summed E-state index contributed by atoms with van der Waals surface area (Å²) < 4.78 is 7.31. The lowest BCUT2D eigenvalue weighted by Gasteiger charge is -2.10. The molecule has 0 aliphatic rings. The Balaban J connectivity index is 2.21. The van der Waals surface area contributed by atoms with Crippen LogP contribution in [0, 0.1) is 13.8 Å². The van der Waals surface area contributed by atoms with E-state index in [9.17, 15) is 0 Å². The zero-order chi connectivity index (χ0) is 15.1. The summed E-state index contributed by atoms with van der Waals surface area (Å²) in [5.74, 6) is 1.60. The molecular weight excluding hydrogens is 309 g/mol. The van der Waals surface area contributed by atoms with Crippen molar-refractivity contribution in [2.24, 2.45) is 0 Å². The SMILES string of the molecule is Cc1noc(C)c1Cn1c(C(C)Cl)nc2c(Cl)cccc21. The van der Waals surface area contributed by atoms with Crippen LogP contribution in [0.2, 0.25) is 5.02 Å². The smallest absolute Gasteiger partial charge is 0.138 e. The van der Waals surface area contributed by atoms with Crippen LogP contribution < -0.4 is 0 Å². The van der Waals surface area contributed by atoms with Crippen molar-refractivity contribution in [3.63, 3.8) is 0 Å². The van der Waals surface area contributed by atoms with Gasteiger partial charge in [-0.1, -0.05) is 22.8 Å². The van der Waals surface area contributed by atoms with Crippen LogP contribution in [0.4, 0.5) is 0 Å². The van der Waals surface area contributed by atoms with Gasteiger partial charge in [0.15, 0.2) is 0 Å². The zero-order valence-corrected chi connectivity index (χ0v) is 13.5. The lowest BCUT2D eigenvalue weighted by Crippen LogP contribution is -2.07. The van der Waals surface area contributed by atoms with Crippen LogP contribution in [0.25, 0.3) is 11.0 Å². The van der Waals surface area contributed by atoms with E-state index in [2.05, 4.69) is 14.7 Å². The van der Waals surface area contributed by atoms with Gasteiger partial charge in [0.05, 0.1) is 28.2 Å². The largest absolute Gasteiger partial charge is 0.361 e. The molecule has 0 bridgehead atoms. The molecule has 0 aliphatic carbocycles. The fourth-order valence-corrected chi connectivity index (χ4v) is 2.86. The maximum absolute atomic E-state index is 6.29. The molecule has 110 valence electrons. The number of rotatable bonds is 3. The molecule has 6 heteroatoms. The molecule has 0 saturated carbocycles. The predicted octanol–water partition coefficient (Wildman–Crippen LogP) is 4.64. The summed E-state index contributed by atoms with van der Waals surface area (Å²) in [6, 6.07) is 5.74. The summed E-state index contributed by atoms with van der Waals surface area (Å²) in [7, 11) is 0. The summed E-state index contributed by atoms with van der Waals surface area (Å²) in [5.41, 5.74) is 3.66. The Hall–Kier alpha value is -1.52. The quantitative estimate of drug-likeness (QED) is 0.659. The van der Waals surface area contributed by atoms with E-state index >= 15 is 0 Å². The molecule has 0 spiro atoms. The lowest BCUT2D eigenvalue weighted by molar-refractivity contribution is 0.392. The van der Waals surface area contributed by atoms with Crippen molar-refractivity contribution < 1.29 is 4.52 Å². The maximum atomic E-state index is 6.29. The van der Waals surface area contributed by atoms with Crippen LogP contribution in [-0.4, -0.2) is 14.7 Å². The van der Waals surface area contributed by atoms with Crippen molar-refractivity contribution in [1.82, 2.24) is 14.7 Å². The van der Waals surface area contributed by atoms with Gasteiger partial charge in [-0.3, -0.25) is 0 Å². The molecule has 1 unspecified atom stereocenters. The van der Waals surface area contributed by atoms with E-state index in [0.29, 0.717) is 11.6 Å². The van der Waals surface area contributed by atoms with Crippen LogP contribution in [0.1, 0.15) is 35.1 Å². The van der Waals surface area contributed by atoms with Crippen LogP contribution in [-0.2, 0) is 6.54 Å². The molecule has 0 saturated heterocycles. The number of imidazole rings is 1. The average Bonchev–Trinajstić information content (AvgIpc) is 2.96. The molecule has 3 rings (SSSR count). The number of hydrogen-bond acceptors (Lipinski definition) is 3. The molecule has 1 atom stereocenters. The molecule has 21 heavy (non-hydrogen) atoms. The summed E-state index contributed by atoms with van der Waals surface area (Å²) in [6.45, 7) is 6.36. The number of aromatic nitrogens is 3. The van der Waals surface area contributed by atoms with E-state index in [1.807, 2.05) is 39.0 Å². The topological polar surface area (TPSA) is 43.9 Å². The van der Waals surface area contributed by atoms with E-state index in [1.165, 1.54) is 0 Å². The van der Waals surface area contributed by atoms with Crippen molar-refractivity contribution in [2.45, 2.75) is 32.7 Å². The predicted molar refractivity (Wildman–Crippen MR) is 84.1 cm³/mol. The number of hydrogen-bond donors (Lipinski definition) is 0. The van der Waals surface area contributed by atoms with Crippen molar-refractivity contribution in [3.05, 3.63) is 46.1 Å². The van der Waals surface area contributed by atoms with Gasteiger partial charge in [-0.05, 0) is 32.9 Å². The van der Waals surface area contributed by atoms with E-state index in [4.69, 9.17) is 27.7 Å². The minimum absolute atomic E-state index is 0.214. The van der Waals surface area contributed by atoms with E-state index in [1.54, 1.807) is 0 Å². The van der Waals surface area contributed by atoms with E-state index in [0.717, 1.165) is 33.9 Å². The Kier molecular flexibility index (Phi) is 3.68. The number of alkyl halides is 1. The first-order chi connectivity index (χ1) is 9.99. The minimum Gasteiger partial charge on any atom is -0.361 e. The first-order valence-corrected chi connectivity index (χ1v) is 7.51. The molecule has 2 heterocycles. The molecular formula is C15H15Cl2N3O. The summed E-state index contributed by atoms with van der Waals surface area (Å²) in [6.07, 6.45) is 0. The monoisotopic (exact) mass is 323 g/mol. The molecule has 3 aromatic rings. The molecule has 0 fully saturated rings. The van der Waals surface area contributed by atoms with Gasteiger partial charge in [0.1, 0.15) is 17.1 Å². The van der Waals surface area contributed by atoms with Crippen LogP contribution >= 0.6 is 23.2 Å². The first kappa shape index (κ1) is 14.4. The number of para-hydroxylation sites is 1. The van der Waals surface area contributed by atoms with Crippen molar-refractivity contribution in [2.75, 3.05) is 0 Å². The second kappa shape index (κ2) is 5.35. The van der Waals surface area contributed by atoms with Crippen molar-refractivity contribution in [3.8, 4) is 0 Å². The van der Waals surface area contributed by atoms with Gasteiger partial charge in [-0.25, -0.2) is 4.98 Å². The lowest BCUT2D eigenvalue weighted by atomic mass is 10.2. The molecule has 0 amide bonds. The van der Waals surface area contributed by atoms with Crippen LogP contribution in [0.15, 0.2) is 22.7 Å². The fourth-order valence-electron chi connectivity index (χ4n) is 2.49. The number of benzene rings is 1. The van der Waals surface area contributed by atoms with Crippen molar-refractivity contribution >= 4 is 34.2 Å². The number of aryl methyl sites for hydroxylation is 2. The van der Waals surface area contributed by atoms with Crippen molar-refractivity contribution in [1.29, 1.82) is 0 Å². The summed E-state index contributed by atoms with van der Waals surface area (Å²) in [5, 5.41) is 4.42. The van der Waals surface area contributed by atoms with Gasteiger partial charge < -0.3 is 9.09 Å². The Labute approximate surface area is 132 Å². The fraction of sp³-hybridized carbons (Fsp3) is 0.333. The second-order valence-electron chi connectivity index (χ2n) is 5.08. The molecule has 0 N–H and O–H groups in total. The molecule has 1 aromatic carbocycles. The maximum Gasteiger partial charge on any atom is 0.138 e. The average molecular weight is 324 g/mol. The van der Waals surface area contributed by atoms with Crippen LogP contribution in [0.5, 0.6) is 0 Å². The third-order valence-electron chi connectivity index (χ3n) is 3.61. The normalized spacial score (nSPS) is 13.0.